The molecule has 0 bridgehead atoms. The number of carboxylic acids is 1. The van der Waals surface area contributed by atoms with Gasteiger partial charge in [0, 0.05) is 12.2 Å². The number of carboxylic acid groups (broad SMARTS) is 1. The van der Waals surface area contributed by atoms with Crippen LogP contribution in [0.25, 0.3) is 0 Å². The third-order valence-corrected chi connectivity index (χ3v) is 3.42. The number of para-hydroxylation sites is 1. The first kappa shape index (κ1) is 13.4. The second-order valence-corrected chi connectivity index (χ2v) is 4.75. The Morgan fingerprint density at radius 1 is 1.47 bits per heavy atom. The van der Waals surface area contributed by atoms with Crippen LogP contribution >= 0.6 is 0 Å². The molecule has 0 saturated heterocycles. The van der Waals surface area contributed by atoms with Gasteiger partial charge in [-0.3, -0.25) is 4.79 Å². The van der Waals surface area contributed by atoms with Gasteiger partial charge in [0.05, 0.1) is 5.92 Å². The van der Waals surface area contributed by atoms with Gasteiger partial charge in [0.1, 0.15) is 6.04 Å². The van der Waals surface area contributed by atoms with Crippen LogP contribution in [0, 0.1) is 5.92 Å². The molecular weight excluding hydrogens is 244 g/mol. The maximum atomic E-state index is 12.1. The molecule has 0 aliphatic carbocycles. The predicted molar refractivity (Wildman–Crippen MR) is 72.0 cm³/mol. The Bertz CT molecular complexity index is 487. The van der Waals surface area contributed by atoms with Crippen LogP contribution in [0.4, 0.5) is 5.69 Å². The molecule has 0 radical (unpaired) electrons. The zero-order valence-corrected chi connectivity index (χ0v) is 10.8. The van der Waals surface area contributed by atoms with Crippen molar-refractivity contribution in [2.75, 3.05) is 11.9 Å². The average molecular weight is 262 g/mol. The van der Waals surface area contributed by atoms with Crippen molar-refractivity contribution < 1.29 is 14.7 Å². The largest absolute Gasteiger partial charge is 0.480 e. The zero-order valence-electron chi connectivity index (χ0n) is 10.8. The van der Waals surface area contributed by atoms with Crippen LogP contribution in [0.3, 0.4) is 0 Å². The minimum Gasteiger partial charge on any atom is -0.480 e. The number of hydrogen-bond donors (Lipinski definition) is 3. The van der Waals surface area contributed by atoms with Crippen molar-refractivity contribution in [1.82, 2.24) is 5.32 Å². The van der Waals surface area contributed by atoms with Crippen molar-refractivity contribution in [1.29, 1.82) is 0 Å². The van der Waals surface area contributed by atoms with Crippen LogP contribution in [0.15, 0.2) is 24.3 Å². The number of carbonyl (C=O) groups is 2. The fraction of sp³-hybridized carbons (Fsp3) is 0.429. The van der Waals surface area contributed by atoms with E-state index in [4.69, 9.17) is 5.11 Å². The highest BCUT2D eigenvalue weighted by molar-refractivity contribution is 5.86. The Morgan fingerprint density at radius 3 is 2.89 bits per heavy atom. The van der Waals surface area contributed by atoms with Gasteiger partial charge >= 0.3 is 5.97 Å². The van der Waals surface area contributed by atoms with Gasteiger partial charge in [-0.05, 0) is 24.5 Å². The normalized spacial score (nSPS) is 18.9. The van der Waals surface area contributed by atoms with Gasteiger partial charge in [-0.1, -0.05) is 25.1 Å². The predicted octanol–water partition coefficient (Wildman–Crippen LogP) is 1.25. The molecule has 1 aliphatic heterocycles. The lowest BCUT2D eigenvalue weighted by molar-refractivity contribution is -0.142. The SMILES string of the molecule is CC[C@@H](NC(=O)C1CNc2ccccc2C1)C(=O)O. The third kappa shape index (κ3) is 3.05. The molecule has 0 aromatic heterocycles. The molecule has 2 rings (SSSR count). The summed E-state index contributed by atoms with van der Waals surface area (Å²) in [4.78, 5) is 23.0. The minimum atomic E-state index is -0.986. The maximum Gasteiger partial charge on any atom is 0.326 e. The number of amides is 1. The maximum absolute atomic E-state index is 12.1. The molecule has 102 valence electrons. The number of hydrogen-bond acceptors (Lipinski definition) is 3. The lowest BCUT2D eigenvalue weighted by Gasteiger charge is -2.26. The van der Waals surface area contributed by atoms with Gasteiger partial charge in [-0.25, -0.2) is 4.79 Å². The Labute approximate surface area is 112 Å². The molecule has 0 fully saturated rings. The van der Waals surface area contributed by atoms with Crippen molar-refractivity contribution >= 4 is 17.6 Å². The highest BCUT2D eigenvalue weighted by Gasteiger charge is 2.27. The van der Waals surface area contributed by atoms with E-state index in [0.717, 1.165) is 11.3 Å². The van der Waals surface area contributed by atoms with Crippen molar-refractivity contribution in [2.24, 2.45) is 5.92 Å². The van der Waals surface area contributed by atoms with E-state index in [1.807, 2.05) is 24.3 Å². The van der Waals surface area contributed by atoms with Gasteiger partial charge < -0.3 is 15.7 Å². The number of rotatable bonds is 4. The van der Waals surface area contributed by atoms with Gasteiger partial charge in [-0.2, -0.15) is 0 Å². The van der Waals surface area contributed by atoms with Crippen molar-refractivity contribution in [3.05, 3.63) is 29.8 Å². The van der Waals surface area contributed by atoms with E-state index in [1.165, 1.54) is 0 Å². The summed E-state index contributed by atoms with van der Waals surface area (Å²) in [6.45, 7) is 2.28. The number of aliphatic carboxylic acids is 1. The van der Waals surface area contributed by atoms with Crippen LogP contribution in [0.5, 0.6) is 0 Å². The molecule has 5 nitrogen and oxygen atoms in total. The highest BCUT2D eigenvalue weighted by atomic mass is 16.4. The van der Waals surface area contributed by atoms with E-state index in [1.54, 1.807) is 6.92 Å². The van der Waals surface area contributed by atoms with Gasteiger partial charge in [0.15, 0.2) is 0 Å². The van der Waals surface area contributed by atoms with Crippen LogP contribution in [-0.4, -0.2) is 29.6 Å². The molecule has 1 aromatic carbocycles. The first-order valence-electron chi connectivity index (χ1n) is 6.46. The molecular formula is C14H18N2O3. The Morgan fingerprint density at radius 2 is 2.21 bits per heavy atom. The zero-order chi connectivity index (χ0) is 13.8. The topological polar surface area (TPSA) is 78.4 Å². The van der Waals surface area contributed by atoms with Gasteiger partial charge in [0.2, 0.25) is 5.91 Å². The molecule has 1 aliphatic rings. The molecule has 1 unspecified atom stereocenters. The summed E-state index contributed by atoms with van der Waals surface area (Å²) < 4.78 is 0. The lowest BCUT2D eigenvalue weighted by Crippen LogP contribution is -2.46. The Hall–Kier alpha value is -2.04. The summed E-state index contributed by atoms with van der Waals surface area (Å²) >= 11 is 0. The second kappa shape index (κ2) is 5.73. The number of anilines is 1. The van der Waals surface area contributed by atoms with Gasteiger partial charge in [-0.15, -0.1) is 0 Å². The van der Waals surface area contributed by atoms with E-state index in [-0.39, 0.29) is 11.8 Å². The van der Waals surface area contributed by atoms with E-state index in [9.17, 15) is 9.59 Å². The van der Waals surface area contributed by atoms with E-state index in [0.29, 0.717) is 19.4 Å². The first-order valence-corrected chi connectivity index (χ1v) is 6.46. The fourth-order valence-corrected chi connectivity index (χ4v) is 2.25. The molecule has 1 amide bonds. The summed E-state index contributed by atoms with van der Waals surface area (Å²) in [5.41, 5.74) is 2.15. The highest BCUT2D eigenvalue weighted by Crippen LogP contribution is 2.24. The molecule has 0 spiro atoms. The van der Waals surface area contributed by atoms with Crippen molar-refractivity contribution in [2.45, 2.75) is 25.8 Å². The lowest BCUT2D eigenvalue weighted by atomic mass is 9.93. The van der Waals surface area contributed by atoms with Crippen LogP contribution in [-0.2, 0) is 16.0 Å². The van der Waals surface area contributed by atoms with Crippen LogP contribution in [0.1, 0.15) is 18.9 Å². The molecule has 2 atom stereocenters. The molecule has 5 heteroatoms. The molecule has 19 heavy (non-hydrogen) atoms. The van der Waals surface area contributed by atoms with E-state index in [2.05, 4.69) is 10.6 Å². The quantitative estimate of drug-likeness (QED) is 0.763. The number of carbonyl (C=O) groups excluding carboxylic acids is 1. The summed E-state index contributed by atoms with van der Waals surface area (Å²) in [5.74, 6) is -1.40. The Balaban J connectivity index is 2.01. The van der Waals surface area contributed by atoms with E-state index < -0.39 is 12.0 Å². The molecule has 3 N–H and O–H groups in total. The fourth-order valence-electron chi connectivity index (χ4n) is 2.25. The van der Waals surface area contributed by atoms with Crippen LogP contribution in [0.2, 0.25) is 0 Å². The molecule has 1 heterocycles. The van der Waals surface area contributed by atoms with E-state index >= 15 is 0 Å². The van der Waals surface area contributed by atoms with Crippen molar-refractivity contribution in [3.8, 4) is 0 Å². The summed E-state index contributed by atoms with van der Waals surface area (Å²) in [6, 6.07) is 7.05. The number of fused-ring (bicyclic) bond motifs is 1. The summed E-state index contributed by atoms with van der Waals surface area (Å²) in [6.07, 6.45) is 1.03. The number of benzene rings is 1. The standard InChI is InChI=1S/C14H18N2O3/c1-2-11(14(18)19)16-13(17)10-7-9-5-3-4-6-12(9)15-8-10/h3-6,10-11,15H,2,7-8H2,1H3,(H,16,17)(H,18,19)/t10?,11-/m1/s1. The van der Waals surface area contributed by atoms with Crippen LogP contribution < -0.4 is 10.6 Å². The number of nitrogens with one attached hydrogen (secondary N) is 2. The third-order valence-electron chi connectivity index (χ3n) is 3.42. The first-order chi connectivity index (χ1) is 9.11. The monoisotopic (exact) mass is 262 g/mol. The summed E-state index contributed by atoms with van der Waals surface area (Å²) in [7, 11) is 0. The Kier molecular flexibility index (Phi) is 4.04. The molecule has 1 aromatic rings. The second-order valence-electron chi connectivity index (χ2n) is 4.75. The smallest absolute Gasteiger partial charge is 0.326 e. The molecule has 0 saturated carbocycles. The van der Waals surface area contributed by atoms with Gasteiger partial charge in [0.25, 0.3) is 0 Å². The summed E-state index contributed by atoms with van der Waals surface area (Å²) in [5, 5.41) is 14.7. The average Bonchev–Trinajstić information content (AvgIpc) is 2.43. The minimum absolute atomic E-state index is 0.198. The van der Waals surface area contributed by atoms with Crippen molar-refractivity contribution in [3.63, 3.8) is 0 Å².